The summed E-state index contributed by atoms with van der Waals surface area (Å²) in [5.41, 5.74) is 11.9. The van der Waals surface area contributed by atoms with Crippen LogP contribution >= 0.6 is 0 Å². The molecule has 4 heteroatoms. The quantitative estimate of drug-likeness (QED) is 0.526. The Hall–Kier alpha value is -0.160. The van der Waals surface area contributed by atoms with Crippen LogP contribution in [0.2, 0.25) is 0 Å². The zero-order valence-corrected chi connectivity index (χ0v) is 11.6. The second-order valence-corrected chi connectivity index (χ2v) is 5.46. The zero-order valence-electron chi connectivity index (χ0n) is 11.6. The first kappa shape index (κ1) is 14.9. The minimum atomic E-state index is 0.126. The van der Waals surface area contributed by atoms with Gasteiger partial charge in [-0.3, -0.25) is 10.6 Å². The van der Waals surface area contributed by atoms with Crippen molar-refractivity contribution in [3.8, 4) is 0 Å². The molecule has 5 atom stereocenters. The van der Waals surface area contributed by atoms with Gasteiger partial charge in [0.2, 0.25) is 0 Å². The minimum Gasteiger partial charge on any atom is -0.316 e. The minimum absolute atomic E-state index is 0.126. The van der Waals surface area contributed by atoms with E-state index in [4.69, 9.17) is 11.5 Å². The van der Waals surface area contributed by atoms with E-state index in [9.17, 15) is 0 Å². The third-order valence-corrected chi connectivity index (χ3v) is 3.95. The third kappa shape index (κ3) is 4.92. The van der Waals surface area contributed by atoms with Gasteiger partial charge >= 0.3 is 0 Å². The van der Waals surface area contributed by atoms with Crippen LogP contribution in [0.1, 0.15) is 52.9 Å². The summed E-state index contributed by atoms with van der Waals surface area (Å²) in [6.07, 6.45) is 5.85. The lowest BCUT2D eigenvalue weighted by molar-refractivity contribution is 0.208. The Kier molecular flexibility index (Phi) is 6.41. The van der Waals surface area contributed by atoms with Gasteiger partial charge in [-0.05, 0) is 38.0 Å². The molecule has 5 unspecified atom stereocenters. The summed E-state index contributed by atoms with van der Waals surface area (Å²) >= 11 is 0. The SMILES string of the molecule is CCC(N)NC1CCC(C)C(NC(N)CC)C1. The van der Waals surface area contributed by atoms with Gasteiger partial charge in [-0.2, -0.15) is 0 Å². The van der Waals surface area contributed by atoms with Crippen LogP contribution in [0.5, 0.6) is 0 Å². The van der Waals surface area contributed by atoms with Crippen molar-refractivity contribution in [2.75, 3.05) is 0 Å². The highest BCUT2D eigenvalue weighted by Gasteiger charge is 2.28. The number of hydrogen-bond acceptors (Lipinski definition) is 4. The Bertz CT molecular complexity index is 210. The molecule has 0 aromatic heterocycles. The van der Waals surface area contributed by atoms with Gasteiger partial charge in [-0.25, -0.2) is 0 Å². The molecule has 1 aliphatic rings. The van der Waals surface area contributed by atoms with E-state index in [1.807, 2.05) is 0 Å². The van der Waals surface area contributed by atoms with Gasteiger partial charge in [-0.15, -0.1) is 0 Å². The van der Waals surface area contributed by atoms with Gasteiger partial charge in [0.05, 0.1) is 12.3 Å². The maximum Gasteiger partial charge on any atom is 0.0545 e. The van der Waals surface area contributed by atoms with Crippen molar-refractivity contribution in [1.29, 1.82) is 0 Å². The van der Waals surface area contributed by atoms with Crippen LogP contribution in [0.25, 0.3) is 0 Å². The summed E-state index contributed by atoms with van der Waals surface area (Å²) in [6.45, 7) is 6.55. The smallest absolute Gasteiger partial charge is 0.0545 e. The molecule has 0 radical (unpaired) electrons. The molecule has 0 amide bonds. The van der Waals surface area contributed by atoms with Crippen LogP contribution < -0.4 is 22.1 Å². The predicted octanol–water partition coefficient (Wildman–Crippen LogP) is 1.11. The van der Waals surface area contributed by atoms with Crippen LogP contribution in [0.3, 0.4) is 0 Å². The van der Waals surface area contributed by atoms with Crippen LogP contribution in [-0.2, 0) is 0 Å². The number of hydrogen-bond donors (Lipinski definition) is 4. The van der Waals surface area contributed by atoms with Crippen molar-refractivity contribution in [2.24, 2.45) is 17.4 Å². The predicted molar refractivity (Wildman–Crippen MR) is 73.4 cm³/mol. The first-order valence-corrected chi connectivity index (χ1v) is 7.10. The second-order valence-electron chi connectivity index (χ2n) is 5.46. The Labute approximate surface area is 106 Å². The van der Waals surface area contributed by atoms with Gasteiger partial charge < -0.3 is 11.5 Å². The lowest BCUT2D eigenvalue weighted by Gasteiger charge is -2.37. The number of rotatable bonds is 6. The Morgan fingerprint density at radius 2 is 1.65 bits per heavy atom. The Morgan fingerprint density at radius 1 is 1.06 bits per heavy atom. The molecule has 4 nitrogen and oxygen atoms in total. The molecule has 0 bridgehead atoms. The molecule has 102 valence electrons. The molecule has 6 N–H and O–H groups in total. The van der Waals surface area contributed by atoms with E-state index in [0.29, 0.717) is 18.0 Å². The van der Waals surface area contributed by atoms with Gasteiger partial charge in [0.1, 0.15) is 0 Å². The molecular weight excluding hydrogens is 212 g/mol. The van der Waals surface area contributed by atoms with Crippen molar-refractivity contribution in [3.63, 3.8) is 0 Å². The van der Waals surface area contributed by atoms with Crippen molar-refractivity contribution in [1.82, 2.24) is 10.6 Å². The highest BCUT2D eigenvalue weighted by molar-refractivity contribution is 4.87. The Balaban J connectivity index is 2.41. The summed E-state index contributed by atoms with van der Waals surface area (Å²) < 4.78 is 0. The normalized spacial score (nSPS) is 33.4. The molecule has 0 aromatic carbocycles. The Morgan fingerprint density at radius 3 is 2.24 bits per heavy atom. The fraction of sp³-hybridized carbons (Fsp3) is 1.00. The molecule has 1 aliphatic carbocycles. The molecular formula is C13H30N4. The molecule has 0 aromatic rings. The summed E-state index contributed by atoms with van der Waals surface area (Å²) in [5.74, 6) is 0.712. The standard InChI is InChI=1S/C13H30N4/c1-4-12(14)16-10-7-6-9(3)11(8-10)17-13(15)5-2/h9-13,16-17H,4-8,14-15H2,1-3H3. The molecule has 0 saturated heterocycles. The van der Waals surface area contributed by atoms with E-state index in [1.165, 1.54) is 12.8 Å². The third-order valence-electron chi connectivity index (χ3n) is 3.95. The fourth-order valence-electron chi connectivity index (χ4n) is 2.52. The average molecular weight is 242 g/mol. The summed E-state index contributed by atoms with van der Waals surface area (Å²) in [6, 6.07) is 1.07. The van der Waals surface area contributed by atoms with Crippen LogP contribution in [0, 0.1) is 5.92 Å². The molecule has 1 saturated carbocycles. The lowest BCUT2D eigenvalue weighted by Crippen LogP contribution is -2.54. The van der Waals surface area contributed by atoms with E-state index in [0.717, 1.165) is 19.3 Å². The van der Waals surface area contributed by atoms with Crippen LogP contribution in [-0.4, -0.2) is 24.4 Å². The number of nitrogens with one attached hydrogen (secondary N) is 2. The van der Waals surface area contributed by atoms with E-state index in [1.54, 1.807) is 0 Å². The van der Waals surface area contributed by atoms with Crippen molar-refractivity contribution in [2.45, 2.75) is 77.3 Å². The van der Waals surface area contributed by atoms with E-state index < -0.39 is 0 Å². The topological polar surface area (TPSA) is 76.1 Å². The van der Waals surface area contributed by atoms with Gasteiger partial charge in [0, 0.05) is 12.1 Å². The maximum atomic E-state index is 5.98. The van der Waals surface area contributed by atoms with Gasteiger partial charge in [-0.1, -0.05) is 20.8 Å². The number of nitrogens with two attached hydrogens (primary N) is 2. The highest BCUT2D eigenvalue weighted by atomic mass is 15.1. The van der Waals surface area contributed by atoms with E-state index >= 15 is 0 Å². The molecule has 1 fully saturated rings. The zero-order chi connectivity index (χ0) is 12.8. The van der Waals surface area contributed by atoms with Crippen LogP contribution in [0.4, 0.5) is 0 Å². The summed E-state index contributed by atoms with van der Waals surface area (Å²) in [7, 11) is 0. The summed E-state index contributed by atoms with van der Waals surface area (Å²) in [4.78, 5) is 0. The van der Waals surface area contributed by atoms with E-state index in [-0.39, 0.29) is 12.3 Å². The average Bonchev–Trinajstić information content (AvgIpc) is 2.33. The maximum absolute atomic E-state index is 5.98. The monoisotopic (exact) mass is 242 g/mol. The molecule has 0 aliphatic heterocycles. The first-order valence-electron chi connectivity index (χ1n) is 7.10. The van der Waals surface area contributed by atoms with Gasteiger partial charge in [0.25, 0.3) is 0 Å². The largest absolute Gasteiger partial charge is 0.316 e. The van der Waals surface area contributed by atoms with Gasteiger partial charge in [0.15, 0.2) is 0 Å². The summed E-state index contributed by atoms with van der Waals surface area (Å²) in [5, 5.41) is 7.04. The highest BCUT2D eigenvalue weighted by Crippen LogP contribution is 2.25. The molecule has 0 spiro atoms. The second kappa shape index (κ2) is 7.31. The van der Waals surface area contributed by atoms with E-state index in [2.05, 4.69) is 31.4 Å². The van der Waals surface area contributed by atoms with Crippen LogP contribution in [0.15, 0.2) is 0 Å². The van der Waals surface area contributed by atoms with Crippen molar-refractivity contribution in [3.05, 3.63) is 0 Å². The van der Waals surface area contributed by atoms with Crippen molar-refractivity contribution < 1.29 is 0 Å². The molecule has 1 rings (SSSR count). The molecule has 0 heterocycles. The fourth-order valence-corrected chi connectivity index (χ4v) is 2.52. The molecule has 17 heavy (non-hydrogen) atoms. The lowest BCUT2D eigenvalue weighted by atomic mass is 9.82. The first-order chi connectivity index (χ1) is 8.06. The van der Waals surface area contributed by atoms with Crippen molar-refractivity contribution >= 4 is 0 Å².